The molecule has 2 heterocycles. The zero-order valence-electron chi connectivity index (χ0n) is 14.6. The van der Waals surface area contributed by atoms with Gasteiger partial charge in [0.25, 0.3) is 0 Å². The minimum atomic E-state index is -0.644. The molecule has 0 radical (unpaired) electrons. The first-order chi connectivity index (χ1) is 11.4. The molecule has 1 saturated heterocycles. The maximum atomic E-state index is 11.3. The molecule has 2 atom stereocenters. The Morgan fingerprint density at radius 3 is 2.71 bits per heavy atom. The summed E-state index contributed by atoms with van der Waals surface area (Å²) in [6.45, 7) is 8.38. The monoisotopic (exact) mass is 328 g/mol. The van der Waals surface area contributed by atoms with E-state index in [1.165, 1.54) is 12.6 Å². The van der Waals surface area contributed by atoms with E-state index in [1.54, 1.807) is 0 Å². The summed E-state index contributed by atoms with van der Waals surface area (Å²) in [4.78, 5) is 18.3. The molecular weight excluding hydrogens is 304 g/mol. The van der Waals surface area contributed by atoms with Crippen LogP contribution in [0, 0.1) is 0 Å². The summed E-state index contributed by atoms with van der Waals surface area (Å²) in [5, 5.41) is 6.95. The molecule has 0 spiro atoms. The number of hydrogen-bond acceptors (Lipinski definition) is 5. The van der Waals surface area contributed by atoms with Gasteiger partial charge in [0.15, 0.2) is 5.82 Å². The SMILES string of the molecule is CC(=O)NC(C)(C)c1noc([C@H]2CCN(c3ccccc3)[C@H]2C)n1. The summed E-state index contributed by atoms with van der Waals surface area (Å²) in [7, 11) is 0. The first kappa shape index (κ1) is 16.5. The van der Waals surface area contributed by atoms with Crippen molar-refractivity contribution in [2.75, 3.05) is 11.4 Å². The van der Waals surface area contributed by atoms with Crippen LogP contribution >= 0.6 is 0 Å². The lowest BCUT2D eigenvalue weighted by Gasteiger charge is -2.25. The van der Waals surface area contributed by atoms with Crippen molar-refractivity contribution < 1.29 is 9.32 Å². The average Bonchev–Trinajstić information content (AvgIpc) is 3.14. The number of carbonyl (C=O) groups excluding carboxylic acids is 1. The van der Waals surface area contributed by atoms with Crippen LogP contribution in [0.1, 0.15) is 51.7 Å². The van der Waals surface area contributed by atoms with Gasteiger partial charge >= 0.3 is 0 Å². The molecule has 0 bridgehead atoms. The van der Waals surface area contributed by atoms with Gasteiger partial charge in [0, 0.05) is 25.2 Å². The molecule has 128 valence electrons. The van der Waals surface area contributed by atoms with Gasteiger partial charge in [0.1, 0.15) is 0 Å². The van der Waals surface area contributed by atoms with Gasteiger partial charge in [-0.05, 0) is 39.3 Å². The van der Waals surface area contributed by atoms with Crippen molar-refractivity contribution in [3.05, 3.63) is 42.0 Å². The predicted octanol–water partition coefficient (Wildman–Crippen LogP) is 2.82. The van der Waals surface area contributed by atoms with Crippen LogP contribution in [-0.2, 0) is 10.3 Å². The van der Waals surface area contributed by atoms with E-state index in [-0.39, 0.29) is 17.9 Å². The fraction of sp³-hybridized carbons (Fsp3) is 0.500. The van der Waals surface area contributed by atoms with Gasteiger partial charge in [-0.3, -0.25) is 4.79 Å². The van der Waals surface area contributed by atoms with Gasteiger partial charge in [-0.2, -0.15) is 4.98 Å². The van der Waals surface area contributed by atoms with Crippen LogP contribution in [0.25, 0.3) is 0 Å². The van der Waals surface area contributed by atoms with E-state index in [1.807, 2.05) is 19.9 Å². The third-order valence-corrected chi connectivity index (χ3v) is 4.65. The molecule has 2 aromatic rings. The zero-order valence-corrected chi connectivity index (χ0v) is 14.6. The molecule has 6 nitrogen and oxygen atoms in total. The van der Waals surface area contributed by atoms with Crippen LogP contribution in [0.3, 0.4) is 0 Å². The summed E-state index contributed by atoms with van der Waals surface area (Å²) < 4.78 is 5.53. The van der Waals surface area contributed by atoms with E-state index in [9.17, 15) is 4.79 Å². The minimum absolute atomic E-state index is 0.115. The maximum absolute atomic E-state index is 11.3. The quantitative estimate of drug-likeness (QED) is 0.934. The Kier molecular flexibility index (Phi) is 4.30. The zero-order chi connectivity index (χ0) is 17.3. The van der Waals surface area contributed by atoms with E-state index >= 15 is 0 Å². The molecule has 0 saturated carbocycles. The van der Waals surface area contributed by atoms with Crippen LogP contribution in [0.15, 0.2) is 34.9 Å². The smallest absolute Gasteiger partial charge is 0.231 e. The van der Waals surface area contributed by atoms with E-state index in [0.717, 1.165) is 13.0 Å². The second kappa shape index (κ2) is 6.26. The third kappa shape index (κ3) is 3.13. The Labute approximate surface area is 142 Å². The largest absolute Gasteiger partial charge is 0.368 e. The first-order valence-corrected chi connectivity index (χ1v) is 8.33. The standard InChI is InChI=1S/C18H24N4O2/c1-12-15(10-11-22(12)14-8-6-5-7-9-14)16-19-17(21-24-16)18(3,4)20-13(2)23/h5-9,12,15H,10-11H2,1-4H3,(H,20,23)/t12-,15-/m0/s1. The minimum Gasteiger partial charge on any atom is -0.368 e. The van der Waals surface area contributed by atoms with E-state index < -0.39 is 5.54 Å². The third-order valence-electron chi connectivity index (χ3n) is 4.65. The molecule has 6 heteroatoms. The molecule has 1 aromatic heterocycles. The second-order valence-electron chi connectivity index (χ2n) is 6.93. The molecule has 3 rings (SSSR count). The Bertz CT molecular complexity index is 711. The molecule has 1 fully saturated rings. The van der Waals surface area contributed by atoms with Gasteiger partial charge in [0.05, 0.1) is 11.5 Å². The summed E-state index contributed by atoms with van der Waals surface area (Å²) >= 11 is 0. The number of carbonyl (C=O) groups is 1. The molecule has 24 heavy (non-hydrogen) atoms. The van der Waals surface area contributed by atoms with Gasteiger partial charge in [-0.1, -0.05) is 23.4 Å². The molecular formula is C18H24N4O2. The maximum Gasteiger partial charge on any atom is 0.231 e. The summed E-state index contributed by atoms with van der Waals surface area (Å²) in [6, 6.07) is 10.7. The van der Waals surface area contributed by atoms with E-state index in [4.69, 9.17) is 4.52 Å². The van der Waals surface area contributed by atoms with Gasteiger partial charge < -0.3 is 14.7 Å². The number of nitrogens with zero attached hydrogens (tertiary/aromatic N) is 3. The molecule has 0 unspecified atom stereocenters. The number of aromatic nitrogens is 2. The summed E-state index contributed by atoms with van der Waals surface area (Å²) in [5.41, 5.74) is 0.569. The van der Waals surface area contributed by atoms with Gasteiger partial charge in [-0.25, -0.2) is 0 Å². The number of rotatable bonds is 4. The highest BCUT2D eigenvalue weighted by Crippen LogP contribution is 2.36. The lowest BCUT2D eigenvalue weighted by atomic mass is 10.0. The van der Waals surface area contributed by atoms with Crippen LogP contribution in [0.4, 0.5) is 5.69 Å². The Morgan fingerprint density at radius 1 is 1.33 bits per heavy atom. The molecule has 0 aliphatic carbocycles. The number of amides is 1. The second-order valence-corrected chi connectivity index (χ2v) is 6.93. The Balaban J connectivity index is 1.78. The number of para-hydroxylation sites is 1. The number of anilines is 1. The van der Waals surface area contributed by atoms with Crippen molar-refractivity contribution in [2.24, 2.45) is 0 Å². The highest BCUT2D eigenvalue weighted by molar-refractivity contribution is 5.73. The van der Waals surface area contributed by atoms with Crippen molar-refractivity contribution >= 4 is 11.6 Å². The van der Waals surface area contributed by atoms with Crippen molar-refractivity contribution in [1.29, 1.82) is 0 Å². The summed E-state index contributed by atoms with van der Waals surface area (Å²) in [6.07, 6.45) is 0.970. The van der Waals surface area contributed by atoms with E-state index in [2.05, 4.69) is 51.5 Å². The van der Waals surface area contributed by atoms with Crippen LogP contribution < -0.4 is 10.2 Å². The van der Waals surface area contributed by atoms with Crippen molar-refractivity contribution in [2.45, 2.75) is 51.6 Å². The predicted molar refractivity (Wildman–Crippen MR) is 91.7 cm³/mol. The average molecular weight is 328 g/mol. The molecule has 1 aliphatic rings. The van der Waals surface area contributed by atoms with Gasteiger partial charge in [-0.15, -0.1) is 0 Å². The topological polar surface area (TPSA) is 71.3 Å². The highest BCUT2D eigenvalue weighted by Gasteiger charge is 2.37. The first-order valence-electron chi connectivity index (χ1n) is 8.33. The molecule has 1 N–H and O–H groups in total. The lowest BCUT2D eigenvalue weighted by Crippen LogP contribution is -2.40. The van der Waals surface area contributed by atoms with Gasteiger partial charge in [0.2, 0.25) is 11.8 Å². The molecule has 1 aliphatic heterocycles. The Hall–Kier alpha value is -2.37. The van der Waals surface area contributed by atoms with Crippen molar-refractivity contribution in [3.8, 4) is 0 Å². The van der Waals surface area contributed by atoms with Crippen LogP contribution in [0.5, 0.6) is 0 Å². The van der Waals surface area contributed by atoms with Crippen LogP contribution in [0.2, 0.25) is 0 Å². The number of hydrogen-bond donors (Lipinski definition) is 1. The van der Waals surface area contributed by atoms with Crippen molar-refractivity contribution in [3.63, 3.8) is 0 Å². The number of benzene rings is 1. The lowest BCUT2D eigenvalue weighted by molar-refractivity contribution is -0.120. The fourth-order valence-corrected chi connectivity index (χ4v) is 3.39. The van der Waals surface area contributed by atoms with E-state index in [0.29, 0.717) is 11.7 Å². The normalized spacial score (nSPS) is 21.1. The highest BCUT2D eigenvalue weighted by atomic mass is 16.5. The number of nitrogens with one attached hydrogen (secondary N) is 1. The van der Waals surface area contributed by atoms with Crippen LogP contribution in [-0.4, -0.2) is 28.6 Å². The summed E-state index contributed by atoms with van der Waals surface area (Å²) in [5.74, 6) is 1.24. The van der Waals surface area contributed by atoms with Crippen molar-refractivity contribution in [1.82, 2.24) is 15.5 Å². The Morgan fingerprint density at radius 2 is 2.04 bits per heavy atom. The fourth-order valence-electron chi connectivity index (χ4n) is 3.39. The molecule has 1 aromatic carbocycles. The molecule has 1 amide bonds.